The molecule has 5 atom stereocenters. The van der Waals surface area contributed by atoms with E-state index in [1.54, 1.807) is 5.57 Å². The fourth-order valence-corrected chi connectivity index (χ4v) is 6.54. The fraction of sp³-hybridized carbons (Fsp3) is 0.762. The Labute approximate surface area is 140 Å². The van der Waals surface area contributed by atoms with Crippen LogP contribution in [0.1, 0.15) is 72.1 Å². The maximum absolute atomic E-state index is 11.8. The second-order valence-corrected chi connectivity index (χ2v) is 8.92. The topological polar surface area (TPSA) is 37.3 Å². The number of fused-ring (bicyclic) bond motifs is 5. The SMILES string of the molecule is CC[C@@]1(O)CC[C@H]2[C@@H]3CCC4=CC(=O)CC[C@]4(C)C3=CC[C@@]21C. The molecule has 0 aromatic rings. The molecule has 0 unspecified atom stereocenters. The zero-order valence-corrected chi connectivity index (χ0v) is 14.8. The monoisotopic (exact) mass is 314 g/mol. The number of ketones is 1. The normalized spacial score (nSPS) is 49.0. The maximum atomic E-state index is 11.8. The quantitative estimate of drug-likeness (QED) is 0.719. The molecule has 23 heavy (non-hydrogen) atoms. The Morgan fingerprint density at radius 2 is 2.00 bits per heavy atom. The van der Waals surface area contributed by atoms with Crippen LogP contribution in [0.25, 0.3) is 0 Å². The second-order valence-electron chi connectivity index (χ2n) is 8.92. The van der Waals surface area contributed by atoms with E-state index in [0.29, 0.717) is 24.0 Å². The van der Waals surface area contributed by atoms with Crippen molar-refractivity contribution in [2.75, 3.05) is 0 Å². The standard InChI is InChI=1S/C21H30O2/c1-4-21(23)12-9-18-16-6-5-14-13-15(22)7-10-19(14,2)17(16)8-11-20(18,21)3/h8,13,16,18,23H,4-7,9-12H2,1-3H3/t16-,18+,19+,20+,21-/m1/s1. The highest BCUT2D eigenvalue weighted by atomic mass is 16.3. The summed E-state index contributed by atoms with van der Waals surface area (Å²) in [6, 6.07) is 0. The summed E-state index contributed by atoms with van der Waals surface area (Å²) in [5.41, 5.74) is 2.65. The average Bonchev–Trinajstić information content (AvgIpc) is 2.80. The molecule has 0 aliphatic heterocycles. The smallest absolute Gasteiger partial charge is 0.155 e. The molecule has 0 amide bonds. The van der Waals surface area contributed by atoms with Crippen molar-refractivity contribution < 1.29 is 9.90 Å². The van der Waals surface area contributed by atoms with E-state index in [-0.39, 0.29) is 10.8 Å². The van der Waals surface area contributed by atoms with Crippen LogP contribution in [-0.2, 0) is 4.79 Å². The van der Waals surface area contributed by atoms with Crippen LogP contribution in [0.2, 0.25) is 0 Å². The number of allylic oxidation sites excluding steroid dienone is 4. The summed E-state index contributed by atoms with van der Waals surface area (Å²) < 4.78 is 0. The average molecular weight is 314 g/mol. The van der Waals surface area contributed by atoms with Gasteiger partial charge in [-0.2, -0.15) is 0 Å². The molecular formula is C21H30O2. The van der Waals surface area contributed by atoms with Crippen LogP contribution < -0.4 is 0 Å². The van der Waals surface area contributed by atoms with Gasteiger partial charge in [-0.25, -0.2) is 0 Å². The number of hydrogen-bond donors (Lipinski definition) is 1. The van der Waals surface area contributed by atoms with Gasteiger partial charge in [0.25, 0.3) is 0 Å². The van der Waals surface area contributed by atoms with Crippen LogP contribution in [0.4, 0.5) is 0 Å². The van der Waals surface area contributed by atoms with Crippen LogP contribution in [0.5, 0.6) is 0 Å². The lowest BCUT2D eigenvalue weighted by Crippen LogP contribution is -2.50. The summed E-state index contributed by atoms with van der Waals surface area (Å²) in [4.78, 5) is 11.8. The first-order valence-electron chi connectivity index (χ1n) is 9.51. The third kappa shape index (κ3) is 1.88. The van der Waals surface area contributed by atoms with Crippen LogP contribution >= 0.6 is 0 Å². The maximum Gasteiger partial charge on any atom is 0.155 e. The molecular weight excluding hydrogens is 284 g/mol. The lowest BCUT2D eigenvalue weighted by molar-refractivity contribution is -0.115. The Morgan fingerprint density at radius 1 is 1.22 bits per heavy atom. The van der Waals surface area contributed by atoms with Crippen LogP contribution in [0.15, 0.2) is 23.3 Å². The van der Waals surface area contributed by atoms with E-state index >= 15 is 0 Å². The summed E-state index contributed by atoms with van der Waals surface area (Å²) in [5, 5.41) is 11.2. The highest BCUT2D eigenvalue weighted by Gasteiger charge is 2.60. The van der Waals surface area contributed by atoms with Gasteiger partial charge in [-0.15, -0.1) is 0 Å². The first kappa shape index (κ1) is 15.6. The van der Waals surface area contributed by atoms with Crippen molar-refractivity contribution in [1.82, 2.24) is 0 Å². The summed E-state index contributed by atoms with van der Waals surface area (Å²) in [6.07, 6.45) is 12.3. The molecule has 0 aromatic carbocycles. The number of hydrogen-bond acceptors (Lipinski definition) is 2. The van der Waals surface area contributed by atoms with Crippen LogP contribution in [-0.4, -0.2) is 16.5 Å². The third-order valence-corrected chi connectivity index (χ3v) is 8.24. The first-order valence-corrected chi connectivity index (χ1v) is 9.51. The first-order chi connectivity index (χ1) is 10.8. The molecule has 0 spiro atoms. The minimum absolute atomic E-state index is 0.0397. The molecule has 0 radical (unpaired) electrons. The van der Waals surface area contributed by atoms with Crippen molar-refractivity contribution in [2.24, 2.45) is 22.7 Å². The van der Waals surface area contributed by atoms with E-state index in [0.717, 1.165) is 38.5 Å². The van der Waals surface area contributed by atoms with Gasteiger partial charge in [0.05, 0.1) is 5.60 Å². The van der Waals surface area contributed by atoms with Gasteiger partial charge in [-0.1, -0.05) is 38.0 Å². The summed E-state index contributed by atoms with van der Waals surface area (Å²) in [6.45, 7) is 6.84. The Kier molecular flexibility index (Phi) is 3.27. The minimum atomic E-state index is -0.487. The van der Waals surface area contributed by atoms with E-state index < -0.39 is 5.60 Å². The predicted molar refractivity (Wildman–Crippen MR) is 91.9 cm³/mol. The largest absolute Gasteiger partial charge is 0.389 e. The number of aliphatic hydroxyl groups is 1. The summed E-state index contributed by atoms with van der Waals surface area (Å²) >= 11 is 0. The Hall–Kier alpha value is -0.890. The molecule has 0 bridgehead atoms. The van der Waals surface area contributed by atoms with Gasteiger partial charge in [0, 0.05) is 17.3 Å². The third-order valence-electron chi connectivity index (χ3n) is 8.24. The van der Waals surface area contributed by atoms with Gasteiger partial charge in [-0.05, 0) is 62.9 Å². The van der Waals surface area contributed by atoms with E-state index in [1.165, 1.54) is 12.0 Å². The Balaban J connectivity index is 1.76. The molecule has 2 nitrogen and oxygen atoms in total. The zero-order chi connectivity index (χ0) is 16.5. The second kappa shape index (κ2) is 4.81. The van der Waals surface area contributed by atoms with Gasteiger partial charge in [0.1, 0.15) is 0 Å². The van der Waals surface area contributed by atoms with Crippen LogP contribution in [0.3, 0.4) is 0 Å². The molecule has 0 aromatic heterocycles. The molecule has 0 saturated heterocycles. The highest BCUT2D eigenvalue weighted by Crippen LogP contribution is 2.65. The molecule has 4 aliphatic carbocycles. The Bertz CT molecular complexity index is 615. The molecule has 4 aliphatic rings. The molecule has 126 valence electrons. The van der Waals surface area contributed by atoms with Gasteiger partial charge < -0.3 is 5.11 Å². The van der Waals surface area contributed by atoms with Gasteiger partial charge >= 0.3 is 0 Å². The van der Waals surface area contributed by atoms with Crippen molar-refractivity contribution in [1.29, 1.82) is 0 Å². The summed E-state index contributed by atoms with van der Waals surface area (Å²) in [7, 11) is 0. The lowest BCUT2D eigenvalue weighted by Gasteiger charge is -2.54. The van der Waals surface area contributed by atoms with Crippen molar-refractivity contribution in [2.45, 2.75) is 77.7 Å². The van der Waals surface area contributed by atoms with Gasteiger partial charge in [0.2, 0.25) is 0 Å². The highest BCUT2D eigenvalue weighted by molar-refractivity contribution is 5.92. The molecule has 4 rings (SSSR count). The zero-order valence-electron chi connectivity index (χ0n) is 14.8. The van der Waals surface area contributed by atoms with Gasteiger partial charge in [-0.3, -0.25) is 4.79 Å². The van der Waals surface area contributed by atoms with E-state index in [1.807, 2.05) is 6.08 Å². The van der Waals surface area contributed by atoms with Gasteiger partial charge in [0.15, 0.2) is 5.78 Å². The van der Waals surface area contributed by atoms with E-state index in [4.69, 9.17) is 0 Å². The Morgan fingerprint density at radius 3 is 2.74 bits per heavy atom. The number of rotatable bonds is 1. The van der Waals surface area contributed by atoms with Crippen molar-refractivity contribution in [3.8, 4) is 0 Å². The van der Waals surface area contributed by atoms with Crippen molar-refractivity contribution >= 4 is 5.78 Å². The van der Waals surface area contributed by atoms with E-state index in [9.17, 15) is 9.90 Å². The van der Waals surface area contributed by atoms with E-state index in [2.05, 4.69) is 26.8 Å². The lowest BCUT2D eigenvalue weighted by atomic mass is 9.50. The van der Waals surface area contributed by atoms with Crippen molar-refractivity contribution in [3.05, 3.63) is 23.3 Å². The summed E-state index contributed by atoms with van der Waals surface area (Å²) in [5.74, 6) is 1.55. The van der Waals surface area contributed by atoms with Crippen LogP contribution in [0, 0.1) is 22.7 Å². The molecule has 2 heteroatoms. The molecule has 2 saturated carbocycles. The predicted octanol–water partition coefficient (Wildman–Crippen LogP) is 4.58. The minimum Gasteiger partial charge on any atom is -0.389 e. The number of carbonyl (C=O) groups excluding carboxylic acids is 1. The molecule has 2 fully saturated rings. The number of carbonyl (C=O) groups is 1. The molecule has 0 heterocycles. The van der Waals surface area contributed by atoms with Crippen molar-refractivity contribution in [3.63, 3.8) is 0 Å². The molecule has 1 N–H and O–H groups in total. The fourth-order valence-electron chi connectivity index (χ4n) is 6.54.